The van der Waals surface area contributed by atoms with Gasteiger partial charge in [0, 0.05) is 30.5 Å². The van der Waals surface area contributed by atoms with Gasteiger partial charge in [0.05, 0.1) is 12.2 Å². The Morgan fingerprint density at radius 3 is 2.71 bits per heavy atom. The van der Waals surface area contributed by atoms with Crippen LogP contribution in [0.25, 0.3) is 5.65 Å². The summed E-state index contributed by atoms with van der Waals surface area (Å²) in [6, 6.07) is 13.8. The molecule has 2 N–H and O–H groups in total. The van der Waals surface area contributed by atoms with Gasteiger partial charge in [0.15, 0.2) is 5.96 Å². The van der Waals surface area contributed by atoms with Crippen molar-refractivity contribution in [3.8, 4) is 0 Å². The molecule has 0 spiro atoms. The fraction of sp³-hybridized carbons (Fsp3) is 0.222. The highest BCUT2D eigenvalue weighted by Gasteiger charge is 2.04. The van der Waals surface area contributed by atoms with Crippen molar-refractivity contribution >= 4 is 23.2 Å². The molecule has 2 heterocycles. The molecule has 6 heteroatoms. The van der Waals surface area contributed by atoms with Gasteiger partial charge in [0.1, 0.15) is 5.65 Å². The van der Waals surface area contributed by atoms with Crippen LogP contribution in [0.2, 0.25) is 5.02 Å². The predicted octanol–water partition coefficient (Wildman–Crippen LogP) is 3.16. The van der Waals surface area contributed by atoms with Gasteiger partial charge in [0.2, 0.25) is 0 Å². The van der Waals surface area contributed by atoms with Crippen molar-refractivity contribution in [2.45, 2.75) is 20.0 Å². The Kier molecular flexibility index (Phi) is 5.01. The van der Waals surface area contributed by atoms with E-state index < -0.39 is 0 Å². The van der Waals surface area contributed by atoms with Crippen LogP contribution >= 0.6 is 11.6 Å². The van der Waals surface area contributed by atoms with Crippen LogP contribution in [0.5, 0.6) is 0 Å². The van der Waals surface area contributed by atoms with E-state index >= 15 is 0 Å². The third-order valence-electron chi connectivity index (χ3n) is 3.76. The lowest BCUT2D eigenvalue weighted by Crippen LogP contribution is -2.36. The molecule has 0 atom stereocenters. The highest BCUT2D eigenvalue weighted by Crippen LogP contribution is 2.10. The fourth-order valence-corrected chi connectivity index (χ4v) is 2.72. The Balaban J connectivity index is 1.60. The molecule has 0 amide bonds. The Morgan fingerprint density at radius 1 is 1.17 bits per heavy atom. The summed E-state index contributed by atoms with van der Waals surface area (Å²) >= 11 is 6.00. The van der Waals surface area contributed by atoms with Crippen molar-refractivity contribution < 1.29 is 0 Å². The summed E-state index contributed by atoms with van der Waals surface area (Å²) in [5, 5.41) is 7.29. The zero-order valence-electron chi connectivity index (χ0n) is 13.8. The maximum atomic E-state index is 6.00. The molecule has 3 aromatic rings. The third-order valence-corrected chi connectivity index (χ3v) is 3.99. The Bertz CT molecular complexity index is 869. The number of halogens is 1. The van der Waals surface area contributed by atoms with E-state index in [9.17, 15) is 0 Å². The molecule has 0 saturated carbocycles. The molecule has 0 unspecified atom stereocenters. The van der Waals surface area contributed by atoms with Crippen LogP contribution in [0.1, 0.15) is 17.0 Å². The normalized spacial score (nSPS) is 11.7. The number of hydrogen-bond donors (Lipinski definition) is 2. The molecular formula is C18H20ClN5. The van der Waals surface area contributed by atoms with E-state index in [4.69, 9.17) is 11.6 Å². The molecule has 124 valence electrons. The summed E-state index contributed by atoms with van der Waals surface area (Å²) in [5.74, 6) is 0.726. The van der Waals surface area contributed by atoms with E-state index in [0.29, 0.717) is 13.1 Å². The van der Waals surface area contributed by atoms with Gasteiger partial charge in [-0.25, -0.2) is 4.98 Å². The van der Waals surface area contributed by atoms with Crippen LogP contribution in [0, 0.1) is 6.92 Å². The number of nitrogens with one attached hydrogen (secondary N) is 2. The Labute approximate surface area is 146 Å². The molecule has 2 aromatic heterocycles. The van der Waals surface area contributed by atoms with E-state index in [1.165, 1.54) is 0 Å². The minimum atomic E-state index is 0.607. The first-order valence-corrected chi connectivity index (χ1v) is 8.16. The smallest absolute Gasteiger partial charge is 0.191 e. The molecule has 3 rings (SSSR count). The Hall–Kier alpha value is -2.53. The molecule has 0 aliphatic heterocycles. The average Bonchev–Trinajstić information content (AvgIpc) is 3.00. The first kappa shape index (κ1) is 16.3. The number of pyridine rings is 1. The zero-order valence-corrected chi connectivity index (χ0v) is 14.5. The lowest BCUT2D eigenvalue weighted by molar-refractivity contribution is 0.798. The number of imidazole rings is 1. The number of fused-ring (bicyclic) bond motifs is 1. The van der Waals surface area contributed by atoms with Crippen molar-refractivity contribution in [3.63, 3.8) is 0 Å². The second kappa shape index (κ2) is 7.36. The van der Waals surface area contributed by atoms with Gasteiger partial charge in [-0.15, -0.1) is 0 Å². The van der Waals surface area contributed by atoms with Crippen molar-refractivity contribution in [1.82, 2.24) is 20.0 Å². The number of guanidine groups is 1. The van der Waals surface area contributed by atoms with Crippen LogP contribution in [0.15, 0.2) is 53.7 Å². The number of aryl methyl sites for hydroxylation is 1. The summed E-state index contributed by atoms with van der Waals surface area (Å²) in [6.07, 6.45) is 2.04. The molecule has 24 heavy (non-hydrogen) atoms. The first-order valence-electron chi connectivity index (χ1n) is 7.78. The molecule has 5 nitrogen and oxygen atoms in total. The number of nitrogens with zero attached hydrogens (tertiary/aromatic N) is 3. The largest absolute Gasteiger partial charge is 0.352 e. The van der Waals surface area contributed by atoms with Gasteiger partial charge >= 0.3 is 0 Å². The van der Waals surface area contributed by atoms with Gasteiger partial charge < -0.3 is 15.0 Å². The summed E-state index contributed by atoms with van der Waals surface area (Å²) in [5.41, 5.74) is 4.19. The molecule has 0 aliphatic rings. The lowest BCUT2D eigenvalue weighted by atomic mass is 10.2. The predicted molar refractivity (Wildman–Crippen MR) is 98.4 cm³/mol. The maximum absolute atomic E-state index is 6.00. The van der Waals surface area contributed by atoms with Gasteiger partial charge in [-0.3, -0.25) is 4.99 Å². The number of benzene rings is 1. The van der Waals surface area contributed by atoms with Crippen LogP contribution in [-0.4, -0.2) is 22.4 Å². The van der Waals surface area contributed by atoms with Gasteiger partial charge in [-0.05, 0) is 36.8 Å². The average molecular weight is 342 g/mol. The maximum Gasteiger partial charge on any atom is 0.191 e. The number of aliphatic imine (C=N–C) groups is 1. The van der Waals surface area contributed by atoms with E-state index in [2.05, 4.69) is 38.0 Å². The highest BCUT2D eigenvalue weighted by atomic mass is 35.5. The van der Waals surface area contributed by atoms with Crippen molar-refractivity contribution in [2.24, 2.45) is 4.99 Å². The van der Waals surface area contributed by atoms with Crippen molar-refractivity contribution in [3.05, 3.63) is 70.6 Å². The van der Waals surface area contributed by atoms with Crippen LogP contribution in [-0.2, 0) is 13.1 Å². The summed E-state index contributed by atoms with van der Waals surface area (Å²) in [6.45, 7) is 3.33. The highest BCUT2D eigenvalue weighted by molar-refractivity contribution is 6.30. The SMILES string of the molecule is CN=C(NCc1cccc(Cl)c1)NCc1cn2c(C)cccc2n1. The molecule has 0 radical (unpaired) electrons. The van der Waals surface area contributed by atoms with Gasteiger partial charge in [-0.1, -0.05) is 29.8 Å². The van der Waals surface area contributed by atoms with E-state index in [-0.39, 0.29) is 0 Å². The Morgan fingerprint density at radius 2 is 1.96 bits per heavy atom. The molecule has 0 saturated heterocycles. The summed E-state index contributed by atoms with van der Waals surface area (Å²) in [7, 11) is 1.75. The van der Waals surface area contributed by atoms with Crippen LogP contribution in [0.4, 0.5) is 0 Å². The van der Waals surface area contributed by atoms with E-state index in [0.717, 1.165) is 33.6 Å². The lowest BCUT2D eigenvalue weighted by Gasteiger charge is -2.11. The van der Waals surface area contributed by atoms with Gasteiger partial charge in [-0.2, -0.15) is 0 Å². The first-order chi connectivity index (χ1) is 11.7. The molecule has 0 bridgehead atoms. The summed E-state index contributed by atoms with van der Waals surface area (Å²) < 4.78 is 2.08. The van der Waals surface area contributed by atoms with Crippen molar-refractivity contribution in [2.75, 3.05) is 7.05 Å². The minimum absolute atomic E-state index is 0.607. The van der Waals surface area contributed by atoms with Crippen molar-refractivity contribution in [1.29, 1.82) is 0 Å². The number of hydrogen-bond acceptors (Lipinski definition) is 2. The standard InChI is InChI=1S/C18H20ClN5/c1-13-5-3-8-17-23-16(12-24(13)17)11-22-18(20-2)21-10-14-6-4-7-15(19)9-14/h3-9,12H,10-11H2,1-2H3,(H2,20,21,22). The number of aromatic nitrogens is 2. The second-order valence-electron chi connectivity index (χ2n) is 5.54. The molecule has 1 aromatic carbocycles. The molecular weight excluding hydrogens is 322 g/mol. The summed E-state index contributed by atoms with van der Waals surface area (Å²) in [4.78, 5) is 8.85. The monoisotopic (exact) mass is 341 g/mol. The topological polar surface area (TPSA) is 53.7 Å². The molecule has 0 fully saturated rings. The second-order valence-corrected chi connectivity index (χ2v) is 5.97. The van der Waals surface area contributed by atoms with E-state index in [1.54, 1.807) is 7.05 Å². The van der Waals surface area contributed by atoms with Crippen LogP contribution < -0.4 is 10.6 Å². The molecule has 0 aliphatic carbocycles. The quantitative estimate of drug-likeness (QED) is 0.566. The number of rotatable bonds is 4. The minimum Gasteiger partial charge on any atom is -0.352 e. The zero-order chi connectivity index (χ0) is 16.9. The van der Waals surface area contributed by atoms with E-state index in [1.807, 2.05) is 42.6 Å². The van der Waals surface area contributed by atoms with Crippen LogP contribution in [0.3, 0.4) is 0 Å². The van der Waals surface area contributed by atoms with Gasteiger partial charge in [0.25, 0.3) is 0 Å². The fourth-order valence-electron chi connectivity index (χ4n) is 2.51. The third kappa shape index (κ3) is 3.86.